The first kappa shape index (κ1) is 13.5. The predicted octanol–water partition coefficient (Wildman–Crippen LogP) is 2.43. The van der Waals surface area contributed by atoms with Gasteiger partial charge >= 0.3 is 0 Å². The second kappa shape index (κ2) is 5.82. The number of nitrogens with zero attached hydrogens (tertiary/aromatic N) is 1. The maximum absolute atomic E-state index is 13.3. The molecule has 2 rings (SSSR count). The van der Waals surface area contributed by atoms with Crippen molar-refractivity contribution < 1.29 is 9.50 Å². The van der Waals surface area contributed by atoms with E-state index in [1.54, 1.807) is 12.1 Å². The Hall–Kier alpha value is -0.910. The topological polar surface area (TPSA) is 35.5 Å². The van der Waals surface area contributed by atoms with Crippen molar-refractivity contribution in [3.63, 3.8) is 0 Å². The molecule has 1 heterocycles. The smallest absolute Gasteiger partial charge is 0.141 e. The highest BCUT2D eigenvalue weighted by Crippen LogP contribution is 2.36. The van der Waals surface area contributed by atoms with E-state index in [4.69, 9.17) is 0 Å². The lowest BCUT2D eigenvalue weighted by molar-refractivity contribution is 0.200. The summed E-state index contributed by atoms with van der Waals surface area (Å²) in [5.41, 5.74) is 0.681. The highest BCUT2D eigenvalue weighted by Gasteiger charge is 2.23. The van der Waals surface area contributed by atoms with Crippen LogP contribution in [0, 0.1) is 5.82 Å². The first-order chi connectivity index (χ1) is 8.65. The van der Waals surface area contributed by atoms with Gasteiger partial charge in [-0.1, -0.05) is 12.1 Å². The molecule has 1 aromatic carbocycles. The van der Waals surface area contributed by atoms with Crippen LogP contribution in [0.25, 0.3) is 0 Å². The number of hydrogen-bond donors (Lipinski definition) is 2. The van der Waals surface area contributed by atoms with E-state index >= 15 is 0 Å². The average molecular weight is 315 g/mol. The molecule has 1 aliphatic heterocycles. The lowest BCUT2D eigenvalue weighted by atomic mass is 10.0. The normalized spacial score (nSPS) is 18.6. The number of phenolic OH excluding ortho intramolecular Hbond substituents is 1. The van der Waals surface area contributed by atoms with E-state index in [2.05, 4.69) is 32.7 Å². The minimum Gasteiger partial charge on any atom is -0.506 e. The third-order valence-corrected chi connectivity index (χ3v) is 3.94. The molecule has 5 heteroatoms. The summed E-state index contributed by atoms with van der Waals surface area (Å²) in [6.07, 6.45) is 1.78. The first-order valence-corrected chi connectivity index (χ1v) is 6.68. The minimum atomic E-state index is -0.459. The summed E-state index contributed by atoms with van der Waals surface area (Å²) in [6.45, 7) is 7.40. The number of phenols is 1. The predicted molar refractivity (Wildman–Crippen MR) is 73.1 cm³/mol. The van der Waals surface area contributed by atoms with E-state index in [0.717, 1.165) is 26.2 Å². The Kier molecular flexibility index (Phi) is 4.37. The molecule has 3 nitrogen and oxygen atoms in total. The Labute approximate surface area is 114 Å². The molecule has 98 valence electrons. The van der Waals surface area contributed by atoms with Crippen LogP contribution in [0.4, 0.5) is 4.39 Å². The van der Waals surface area contributed by atoms with E-state index in [1.807, 2.05) is 0 Å². The Morgan fingerprint density at radius 3 is 2.72 bits per heavy atom. The van der Waals surface area contributed by atoms with E-state index < -0.39 is 5.82 Å². The van der Waals surface area contributed by atoms with E-state index in [1.165, 1.54) is 6.07 Å². The molecule has 1 aliphatic rings. The van der Waals surface area contributed by atoms with Crippen LogP contribution in [0.2, 0.25) is 0 Å². The zero-order valence-electron chi connectivity index (χ0n) is 10.00. The SMILES string of the molecule is C=C[C@@H](c1ccc(F)c(Br)c1O)N1CCNCC1. The number of aromatic hydroxyl groups is 1. The van der Waals surface area contributed by atoms with Crippen molar-refractivity contribution in [2.45, 2.75) is 6.04 Å². The van der Waals surface area contributed by atoms with Crippen molar-refractivity contribution in [2.75, 3.05) is 26.2 Å². The third-order valence-electron chi connectivity index (χ3n) is 3.19. The standard InChI is InChI=1S/C13H16BrFN2O/c1-2-11(17-7-5-16-6-8-17)9-3-4-10(15)12(14)13(9)18/h2-4,11,16,18H,1,5-8H2/t11-/m0/s1. The number of nitrogens with one attached hydrogen (secondary N) is 1. The van der Waals surface area contributed by atoms with Gasteiger partial charge in [-0.05, 0) is 22.0 Å². The minimum absolute atomic E-state index is 0.0431. The quantitative estimate of drug-likeness (QED) is 0.841. The maximum atomic E-state index is 13.3. The molecule has 2 N–H and O–H groups in total. The molecule has 1 atom stereocenters. The van der Waals surface area contributed by atoms with Gasteiger partial charge in [-0.3, -0.25) is 4.90 Å². The summed E-state index contributed by atoms with van der Waals surface area (Å²) < 4.78 is 13.4. The van der Waals surface area contributed by atoms with Crippen LogP contribution in [-0.2, 0) is 0 Å². The fraction of sp³-hybridized carbons (Fsp3) is 0.385. The molecule has 0 aliphatic carbocycles. The lowest BCUT2D eigenvalue weighted by Gasteiger charge is -2.33. The van der Waals surface area contributed by atoms with Gasteiger partial charge in [0.1, 0.15) is 11.6 Å². The fourth-order valence-electron chi connectivity index (χ4n) is 2.23. The van der Waals surface area contributed by atoms with Crippen LogP contribution in [0.15, 0.2) is 29.3 Å². The zero-order chi connectivity index (χ0) is 13.1. The van der Waals surface area contributed by atoms with Crippen LogP contribution in [0.1, 0.15) is 11.6 Å². The van der Waals surface area contributed by atoms with Crippen LogP contribution in [0.5, 0.6) is 5.75 Å². The van der Waals surface area contributed by atoms with Gasteiger partial charge in [0.15, 0.2) is 0 Å². The summed E-state index contributed by atoms with van der Waals surface area (Å²) >= 11 is 3.06. The van der Waals surface area contributed by atoms with Crippen molar-refractivity contribution >= 4 is 15.9 Å². The van der Waals surface area contributed by atoms with Gasteiger partial charge in [-0.15, -0.1) is 6.58 Å². The molecule has 0 aromatic heterocycles. The summed E-state index contributed by atoms with van der Waals surface area (Å²) in [5, 5.41) is 13.3. The van der Waals surface area contributed by atoms with Crippen molar-refractivity contribution in [3.05, 3.63) is 40.6 Å². The molecule has 0 amide bonds. The zero-order valence-corrected chi connectivity index (χ0v) is 11.6. The highest BCUT2D eigenvalue weighted by molar-refractivity contribution is 9.10. The lowest BCUT2D eigenvalue weighted by Crippen LogP contribution is -2.44. The van der Waals surface area contributed by atoms with Gasteiger partial charge in [0.25, 0.3) is 0 Å². The van der Waals surface area contributed by atoms with Gasteiger partial charge < -0.3 is 10.4 Å². The Morgan fingerprint density at radius 1 is 1.44 bits per heavy atom. The molecule has 0 unspecified atom stereocenters. The molecule has 0 radical (unpaired) electrons. The number of piperazine rings is 1. The monoisotopic (exact) mass is 314 g/mol. The number of rotatable bonds is 3. The van der Waals surface area contributed by atoms with Gasteiger partial charge in [0.2, 0.25) is 0 Å². The summed E-state index contributed by atoms with van der Waals surface area (Å²) in [5.74, 6) is -0.502. The molecule has 0 spiro atoms. The molecular formula is C13H16BrFN2O. The van der Waals surface area contributed by atoms with E-state index in [0.29, 0.717) is 5.56 Å². The van der Waals surface area contributed by atoms with Gasteiger partial charge in [0, 0.05) is 31.7 Å². The van der Waals surface area contributed by atoms with Crippen LogP contribution < -0.4 is 5.32 Å². The van der Waals surface area contributed by atoms with E-state index in [-0.39, 0.29) is 16.3 Å². The van der Waals surface area contributed by atoms with Crippen LogP contribution in [-0.4, -0.2) is 36.2 Å². The average Bonchev–Trinajstić information content (AvgIpc) is 2.41. The van der Waals surface area contributed by atoms with Crippen molar-refractivity contribution in [3.8, 4) is 5.75 Å². The summed E-state index contributed by atoms with van der Waals surface area (Å²) in [4.78, 5) is 2.21. The van der Waals surface area contributed by atoms with Crippen LogP contribution in [0.3, 0.4) is 0 Å². The molecule has 0 saturated carbocycles. The molecular weight excluding hydrogens is 299 g/mol. The first-order valence-electron chi connectivity index (χ1n) is 5.89. The Balaban J connectivity index is 2.32. The second-order valence-corrected chi connectivity index (χ2v) is 5.06. The summed E-state index contributed by atoms with van der Waals surface area (Å²) in [6, 6.07) is 2.88. The van der Waals surface area contributed by atoms with Crippen LogP contribution >= 0.6 is 15.9 Å². The summed E-state index contributed by atoms with van der Waals surface area (Å²) in [7, 11) is 0. The molecule has 1 saturated heterocycles. The number of benzene rings is 1. The maximum Gasteiger partial charge on any atom is 0.141 e. The highest BCUT2D eigenvalue weighted by atomic mass is 79.9. The number of hydrogen-bond acceptors (Lipinski definition) is 3. The molecule has 1 fully saturated rings. The Bertz CT molecular complexity index is 447. The largest absolute Gasteiger partial charge is 0.506 e. The molecule has 0 bridgehead atoms. The van der Waals surface area contributed by atoms with Crippen molar-refractivity contribution in [1.82, 2.24) is 10.2 Å². The third kappa shape index (κ3) is 2.58. The number of halogens is 2. The van der Waals surface area contributed by atoms with Gasteiger partial charge in [-0.25, -0.2) is 4.39 Å². The Morgan fingerprint density at radius 2 is 2.11 bits per heavy atom. The fourth-order valence-corrected chi connectivity index (χ4v) is 2.59. The molecule has 18 heavy (non-hydrogen) atoms. The van der Waals surface area contributed by atoms with E-state index in [9.17, 15) is 9.50 Å². The van der Waals surface area contributed by atoms with Crippen molar-refractivity contribution in [2.24, 2.45) is 0 Å². The van der Waals surface area contributed by atoms with Gasteiger partial charge in [0.05, 0.1) is 10.5 Å². The molecule has 1 aromatic rings. The van der Waals surface area contributed by atoms with Crippen molar-refractivity contribution in [1.29, 1.82) is 0 Å². The second-order valence-electron chi connectivity index (χ2n) is 4.27. The van der Waals surface area contributed by atoms with Gasteiger partial charge in [-0.2, -0.15) is 0 Å².